The predicted octanol–water partition coefficient (Wildman–Crippen LogP) is 3.44. The van der Waals surface area contributed by atoms with Gasteiger partial charge in [0.1, 0.15) is 0 Å². The first-order valence-electron chi connectivity index (χ1n) is 8.70. The molecule has 26 heavy (non-hydrogen) atoms. The average Bonchev–Trinajstić information content (AvgIpc) is 3.18. The summed E-state index contributed by atoms with van der Waals surface area (Å²) in [5.74, 6) is 1.13. The smallest absolute Gasteiger partial charge is 0.279 e. The Kier molecular flexibility index (Phi) is 3.41. The van der Waals surface area contributed by atoms with E-state index in [9.17, 15) is 4.79 Å². The average molecular weight is 344 g/mol. The SMILES string of the molecule is O=c1[nH]nc(-c2nc(C3CCCc4ccccc43)no2)c2ccccc12. The molecule has 0 radical (unpaired) electrons. The summed E-state index contributed by atoms with van der Waals surface area (Å²) in [5.41, 5.74) is 2.89. The van der Waals surface area contributed by atoms with Crippen LogP contribution in [0.2, 0.25) is 0 Å². The molecule has 2 aromatic heterocycles. The van der Waals surface area contributed by atoms with Crippen LogP contribution < -0.4 is 5.56 Å². The molecule has 1 aliphatic rings. The third kappa shape index (κ3) is 2.34. The molecule has 0 saturated carbocycles. The first-order valence-corrected chi connectivity index (χ1v) is 8.70. The van der Waals surface area contributed by atoms with Gasteiger partial charge < -0.3 is 4.52 Å². The van der Waals surface area contributed by atoms with Crippen molar-refractivity contribution in [1.82, 2.24) is 20.3 Å². The van der Waals surface area contributed by atoms with Gasteiger partial charge in [-0.1, -0.05) is 47.6 Å². The van der Waals surface area contributed by atoms with Crippen molar-refractivity contribution in [3.8, 4) is 11.6 Å². The van der Waals surface area contributed by atoms with E-state index in [4.69, 9.17) is 4.52 Å². The predicted molar refractivity (Wildman–Crippen MR) is 96.9 cm³/mol. The standard InChI is InChI=1S/C20H16N4O2/c25-19-16-10-4-3-9-14(16)17(22-23-19)20-21-18(24-26-20)15-11-5-7-12-6-1-2-8-13(12)15/h1-4,6,8-10,15H,5,7,11H2,(H,23,25). The molecular formula is C20H16N4O2. The van der Waals surface area contributed by atoms with Crippen LogP contribution in [-0.4, -0.2) is 20.3 Å². The van der Waals surface area contributed by atoms with Crippen molar-refractivity contribution in [3.05, 3.63) is 75.8 Å². The highest BCUT2D eigenvalue weighted by Gasteiger charge is 2.26. The molecule has 0 aliphatic heterocycles. The second-order valence-electron chi connectivity index (χ2n) is 6.55. The van der Waals surface area contributed by atoms with Gasteiger partial charge in [0.25, 0.3) is 11.4 Å². The van der Waals surface area contributed by atoms with Crippen LogP contribution in [0.25, 0.3) is 22.4 Å². The lowest BCUT2D eigenvalue weighted by atomic mass is 9.82. The van der Waals surface area contributed by atoms with Gasteiger partial charge in [0, 0.05) is 11.3 Å². The van der Waals surface area contributed by atoms with Gasteiger partial charge in [-0.25, -0.2) is 5.10 Å². The van der Waals surface area contributed by atoms with Crippen LogP contribution in [0.15, 0.2) is 57.8 Å². The molecule has 1 atom stereocenters. The van der Waals surface area contributed by atoms with E-state index in [2.05, 4.69) is 44.6 Å². The number of nitrogens with one attached hydrogen (secondary N) is 1. The number of aromatic nitrogens is 4. The maximum atomic E-state index is 12.0. The molecule has 2 aromatic carbocycles. The Morgan fingerprint density at radius 2 is 1.85 bits per heavy atom. The molecule has 1 N–H and O–H groups in total. The highest BCUT2D eigenvalue weighted by atomic mass is 16.5. The maximum absolute atomic E-state index is 12.0. The van der Waals surface area contributed by atoms with Gasteiger partial charge in [-0.05, 0) is 36.5 Å². The summed E-state index contributed by atoms with van der Waals surface area (Å²) in [5, 5.41) is 12.1. The largest absolute Gasteiger partial charge is 0.332 e. The number of hydrogen-bond donors (Lipinski definition) is 1. The zero-order chi connectivity index (χ0) is 17.5. The number of aryl methyl sites for hydroxylation is 1. The van der Waals surface area contributed by atoms with E-state index in [1.165, 1.54) is 11.1 Å². The number of hydrogen-bond acceptors (Lipinski definition) is 5. The number of nitrogens with zero attached hydrogens (tertiary/aromatic N) is 3. The number of rotatable bonds is 2. The lowest BCUT2D eigenvalue weighted by Crippen LogP contribution is -2.12. The van der Waals surface area contributed by atoms with Gasteiger partial charge in [-0.15, -0.1) is 0 Å². The minimum Gasteiger partial charge on any atom is -0.332 e. The van der Waals surface area contributed by atoms with E-state index in [1.807, 2.05) is 18.2 Å². The number of H-pyrrole nitrogens is 1. The van der Waals surface area contributed by atoms with Crippen molar-refractivity contribution < 1.29 is 4.52 Å². The number of fused-ring (bicyclic) bond motifs is 2. The summed E-state index contributed by atoms with van der Waals surface area (Å²) in [6.45, 7) is 0. The Balaban J connectivity index is 1.61. The highest BCUT2D eigenvalue weighted by Crippen LogP contribution is 2.36. The van der Waals surface area contributed by atoms with Crippen LogP contribution in [0.5, 0.6) is 0 Å². The van der Waals surface area contributed by atoms with Crippen molar-refractivity contribution in [2.75, 3.05) is 0 Å². The fourth-order valence-corrected chi connectivity index (χ4v) is 3.77. The third-order valence-corrected chi connectivity index (χ3v) is 5.02. The first kappa shape index (κ1) is 15.0. The van der Waals surface area contributed by atoms with Crippen molar-refractivity contribution >= 4 is 10.8 Å². The Morgan fingerprint density at radius 3 is 2.77 bits per heavy atom. The second kappa shape index (κ2) is 5.91. The van der Waals surface area contributed by atoms with E-state index in [0.29, 0.717) is 28.2 Å². The van der Waals surface area contributed by atoms with Crippen molar-refractivity contribution in [2.45, 2.75) is 25.2 Å². The minimum absolute atomic E-state index is 0.131. The molecule has 0 fully saturated rings. The highest BCUT2D eigenvalue weighted by molar-refractivity contribution is 5.91. The summed E-state index contributed by atoms with van der Waals surface area (Å²) in [6.07, 6.45) is 3.19. The monoisotopic (exact) mass is 344 g/mol. The molecule has 0 spiro atoms. The Labute approximate surface area is 148 Å². The van der Waals surface area contributed by atoms with E-state index in [0.717, 1.165) is 19.3 Å². The maximum Gasteiger partial charge on any atom is 0.279 e. The van der Waals surface area contributed by atoms with Gasteiger partial charge in [0.15, 0.2) is 11.5 Å². The fourth-order valence-electron chi connectivity index (χ4n) is 3.77. The molecule has 2 heterocycles. The molecule has 5 rings (SSSR count). The second-order valence-corrected chi connectivity index (χ2v) is 6.55. The molecular weight excluding hydrogens is 328 g/mol. The van der Waals surface area contributed by atoms with E-state index in [-0.39, 0.29) is 11.5 Å². The number of benzene rings is 2. The fraction of sp³-hybridized carbons (Fsp3) is 0.200. The first-order chi connectivity index (χ1) is 12.8. The summed E-state index contributed by atoms with van der Waals surface area (Å²) in [4.78, 5) is 16.6. The quantitative estimate of drug-likeness (QED) is 0.602. The molecule has 0 saturated heterocycles. The summed E-state index contributed by atoms with van der Waals surface area (Å²) >= 11 is 0. The molecule has 6 nitrogen and oxygen atoms in total. The van der Waals surface area contributed by atoms with E-state index in [1.54, 1.807) is 6.07 Å². The topological polar surface area (TPSA) is 84.7 Å². The van der Waals surface area contributed by atoms with Crippen molar-refractivity contribution in [2.24, 2.45) is 0 Å². The van der Waals surface area contributed by atoms with E-state index < -0.39 is 0 Å². The normalized spacial score (nSPS) is 16.5. The van der Waals surface area contributed by atoms with Gasteiger partial charge in [0.05, 0.1) is 5.39 Å². The van der Waals surface area contributed by atoms with Crippen molar-refractivity contribution in [1.29, 1.82) is 0 Å². The zero-order valence-electron chi connectivity index (χ0n) is 14.0. The lowest BCUT2D eigenvalue weighted by molar-refractivity contribution is 0.414. The molecule has 4 aromatic rings. The van der Waals surface area contributed by atoms with Crippen LogP contribution in [-0.2, 0) is 6.42 Å². The minimum atomic E-state index is -0.231. The van der Waals surface area contributed by atoms with Crippen LogP contribution in [0, 0.1) is 0 Å². The van der Waals surface area contributed by atoms with Gasteiger partial charge >= 0.3 is 0 Å². The van der Waals surface area contributed by atoms with Crippen LogP contribution in [0.4, 0.5) is 0 Å². The molecule has 0 amide bonds. The Morgan fingerprint density at radius 1 is 1.04 bits per heavy atom. The van der Waals surface area contributed by atoms with Crippen LogP contribution >= 0.6 is 0 Å². The molecule has 1 unspecified atom stereocenters. The zero-order valence-corrected chi connectivity index (χ0v) is 14.0. The third-order valence-electron chi connectivity index (χ3n) is 5.02. The summed E-state index contributed by atoms with van der Waals surface area (Å²) < 4.78 is 5.52. The van der Waals surface area contributed by atoms with Gasteiger partial charge in [0.2, 0.25) is 0 Å². The lowest BCUT2D eigenvalue weighted by Gasteiger charge is -2.22. The summed E-state index contributed by atoms with van der Waals surface area (Å²) in [6, 6.07) is 15.7. The molecule has 6 heteroatoms. The van der Waals surface area contributed by atoms with Crippen molar-refractivity contribution in [3.63, 3.8) is 0 Å². The molecule has 0 bridgehead atoms. The molecule has 128 valence electrons. The van der Waals surface area contributed by atoms with Crippen LogP contribution in [0.1, 0.15) is 35.7 Å². The number of aromatic amines is 1. The van der Waals surface area contributed by atoms with Gasteiger partial charge in [-0.3, -0.25) is 4.79 Å². The van der Waals surface area contributed by atoms with E-state index >= 15 is 0 Å². The Hall–Kier alpha value is -3.28. The van der Waals surface area contributed by atoms with Crippen LogP contribution in [0.3, 0.4) is 0 Å². The molecule has 1 aliphatic carbocycles. The van der Waals surface area contributed by atoms with Gasteiger partial charge in [-0.2, -0.15) is 10.1 Å². The Bertz CT molecular complexity index is 1160. The summed E-state index contributed by atoms with van der Waals surface area (Å²) in [7, 11) is 0.